The first-order chi connectivity index (χ1) is 20.2. The standard InChI is InChI=1S/C31H32F6N2O4/c1-19(20-15-22(30(32,33)34)17-23(16-20)31(35,36)37)26(41)38-29(21-5-3-2-4-6-21)9-7-24(8-10-29)39-13-11-28(12-14-43-18-28)25(40)27(39)42/h2-6,15-17,19,24H,7-14,18H2,1H3,(H,38,41). The van der Waals surface area contributed by atoms with Crippen LogP contribution < -0.4 is 5.32 Å². The van der Waals surface area contributed by atoms with Gasteiger partial charge in [0.2, 0.25) is 11.7 Å². The van der Waals surface area contributed by atoms with E-state index in [1.165, 1.54) is 6.92 Å². The molecule has 232 valence electrons. The van der Waals surface area contributed by atoms with E-state index in [0.717, 1.165) is 5.56 Å². The van der Waals surface area contributed by atoms with Crippen molar-refractivity contribution in [1.82, 2.24) is 10.2 Å². The van der Waals surface area contributed by atoms with Crippen LogP contribution in [0.15, 0.2) is 48.5 Å². The zero-order valence-corrected chi connectivity index (χ0v) is 23.5. The first-order valence-corrected chi connectivity index (χ1v) is 14.3. The van der Waals surface area contributed by atoms with Gasteiger partial charge in [-0.15, -0.1) is 0 Å². The molecule has 5 rings (SSSR count). The molecule has 0 aromatic heterocycles. The van der Waals surface area contributed by atoms with Crippen LogP contribution in [-0.2, 0) is 37.0 Å². The van der Waals surface area contributed by atoms with Gasteiger partial charge >= 0.3 is 12.4 Å². The van der Waals surface area contributed by atoms with Crippen molar-refractivity contribution in [3.05, 3.63) is 70.8 Å². The number of carbonyl (C=O) groups excluding carboxylic acids is 3. The number of Topliss-reactive ketones (excluding diaryl/α,β-unsaturated/α-hetero) is 1. The number of hydrogen-bond donors (Lipinski definition) is 1. The van der Waals surface area contributed by atoms with E-state index in [1.54, 1.807) is 35.2 Å². The predicted molar refractivity (Wildman–Crippen MR) is 143 cm³/mol. The van der Waals surface area contributed by atoms with E-state index in [4.69, 9.17) is 4.74 Å². The molecule has 0 bridgehead atoms. The number of carbonyl (C=O) groups is 3. The second-order valence-electron chi connectivity index (χ2n) is 11.9. The van der Waals surface area contributed by atoms with Crippen molar-refractivity contribution in [1.29, 1.82) is 0 Å². The molecule has 2 aromatic carbocycles. The molecule has 2 saturated heterocycles. The summed E-state index contributed by atoms with van der Waals surface area (Å²) in [5, 5.41) is 2.96. The molecule has 2 amide bonds. The Balaban J connectivity index is 1.37. The lowest BCUT2D eigenvalue weighted by Gasteiger charge is -2.47. The van der Waals surface area contributed by atoms with Crippen LogP contribution in [0.4, 0.5) is 26.3 Å². The Labute approximate surface area is 244 Å². The minimum absolute atomic E-state index is 0.0368. The molecule has 1 aliphatic carbocycles. The van der Waals surface area contributed by atoms with Crippen LogP contribution in [0.25, 0.3) is 0 Å². The van der Waals surface area contributed by atoms with Gasteiger partial charge < -0.3 is 15.0 Å². The zero-order chi connectivity index (χ0) is 31.2. The van der Waals surface area contributed by atoms with E-state index in [2.05, 4.69) is 5.32 Å². The summed E-state index contributed by atoms with van der Waals surface area (Å²) in [5.74, 6) is -3.01. The first-order valence-electron chi connectivity index (χ1n) is 14.3. The van der Waals surface area contributed by atoms with Crippen LogP contribution in [0.2, 0.25) is 0 Å². The van der Waals surface area contributed by atoms with Gasteiger partial charge in [0, 0.05) is 19.2 Å². The summed E-state index contributed by atoms with van der Waals surface area (Å²) in [5.41, 5.74) is -4.36. The highest BCUT2D eigenvalue weighted by Crippen LogP contribution is 2.43. The molecule has 2 unspecified atom stereocenters. The summed E-state index contributed by atoms with van der Waals surface area (Å²) >= 11 is 0. The highest BCUT2D eigenvalue weighted by atomic mass is 19.4. The van der Waals surface area contributed by atoms with E-state index in [9.17, 15) is 40.7 Å². The number of alkyl halides is 6. The smallest absolute Gasteiger partial charge is 0.380 e. The van der Waals surface area contributed by atoms with E-state index < -0.39 is 63.5 Å². The molecule has 2 atom stereocenters. The van der Waals surface area contributed by atoms with Crippen molar-refractivity contribution >= 4 is 17.6 Å². The number of hydrogen-bond acceptors (Lipinski definition) is 4. The summed E-state index contributed by atoms with van der Waals surface area (Å²) in [4.78, 5) is 41.3. The van der Waals surface area contributed by atoms with E-state index in [0.29, 0.717) is 63.8 Å². The predicted octanol–water partition coefficient (Wildman–Crippen LogP) is 5.99. The van der Waals surface area contributed by atoms with Crippen LogP contribution in [0.3, 0.4) is 0 Å². The number of likely N-dealkylation sites (tertiary alicyclic amines) is 1. The van der Waals surface area contributed by atoms with Crippen LogP contribution >= 0.6 is 0 Å². The van der Waals surface area contributed by atoms with Crippen molar-refractivity contribution in [2.24, 2.45) is 5.41 Å². The largest absolute Gasteiger partial charge is 0.416 e. The number of nitrogens with zero attached hydrogens (tertiary/aromatic N) is 1. The van der Waals surface area contributed by atoms with Crippen molar-refractivity contribution in [2.75, 3.05) is 19.8 Å². The molecule has 1 spiro atoms. The molecule has 43 heavy (non-hydrogen) atoms. The van der Waals surface area contributed by atoms with Gasteiger partial charge in [0.1, 0.15) is 0 Å². The quantitative estimate of drug-likeness (QED) is 0.334. The van der Waals surface area contributed by atoms with Crippen LogP contribution in [0, 0.1) is 5.41 Å². The molecule has 6 nitrogen and oxygen atoms in total. The van der Waals surface area contributed by atoms with Gasteiger partial charge in [0.25, 0.3) is 5.91 Å². The maximum Gasteiger partial charge on any atom is 0.416 e. The van der Waals surface area contributed by atoms with Crippen molar-refractivity contribution in [3.8, 4) is 0 Å². The van der Waals surface area contributed by atoms with Gasteiger partial charge in [-0.3, -0.25) is 14.4 Å². The Morgan fingerprint density at radius 2 is 1.53 bits per heavy atom. The molecular weight excluding hydrogens is 578 g/mol. The number of halogens is 6. The van der Waals surface area contributed by atoms with E-state index in [-0.39, 0.29) is 18.7 Å². The maximum absolute atomic E-state index is 13.5. The van der Waals surface area contributed by atoms with Gasteiger partial charge in [-0.25, -0.2) is 0 Å². The van der Waals surface area contributed by atoms with Crippen LogP contribution in [-0.4, -0.2) is 48.3 Å². The highest BCUT2D eigenvalue weighted by Gasteiger charge is 2.52. The molecule has 1 saturated carbocycles. The summed E-state index contributed by atoms with van der Waals surface area (Å²) in [7, 11) is 0. The third-order valence-corrected chi connectivity index (χ3v) is 9.31. The minimum Gasteiger partial charge on any atom is -0.380 e. The summed E-state index contributed by atoms with van der Waals surface area (Å²) in [6, 6.07) is 9.88. The van der Waals surface area contributed by atoms with Gasteiger partial charge in [-0.05, 0) is 74.8 Å². The number of benzene rings is 2. The molecular formula is C31H32F6N2O4. The first kappa shape index (κ1) is 31.0. The van der Waals surface area contributed by atoms with Crippen molar-refractivity contribution in [2.45, 2.75) is 75.3 Å². The normalized spacial score (nSPS) is 27.4. The molecule has 2 aromatic rings. The number of nitrogens with one attached hydrogen (secondary N) is 1. The SMILES string of the molecule is CC(C(=O)NC1(c2ccccc2)CCC(N2CCC3(CCOC3)C(=O)C2=O)CC1)c1cc(C(F)(F)F)cc(C(F)(F)F)c1. The number of ketones is 1. The number of piperidine rings is 1. The van der Waals surface area contributed by atoms with Crippen molar-refractivity contribution in [3.63, 3.8) is 0 Å². The second kappa shape index (κ2) is 11.3. The average Bonchev–Trinajstić information content (AvgIpc) is 3.45. The Bertz CT molecular complexity index is 1340. The monoisotopic (exact) mass is 610 g/mol. The van der Waals surface area contributed by atoms with Crippen molar-refractivity contribution < 1.29 is 45.5 Å². The van der Waals surface area contributed by atoms with E-state index in [1.807, 2.05) is 0 Å². The fraction of sp³-hybridized carbons (Fsp3) is 0.516. The minimum atomic E-state index is -5.03. The van der Waals surface area contributed by atoms with Gasteiger partial charge in [0.05, 0.1) is 34.6 Å². The molecule has 12 heteroatoms. The van der Waals surface area contributed by atoms with Gasteiger partial charge in [-0.2, -0.15) is 26.3 Å². The number of amides is 2. The summed E-state index contributed by atoms with van der Waals surface area (Å²) in [6.45, 7) is 2.37. The maximum atomic E-state index is 13.5. The Kier molecular flexibility index (Phi) is 8.12. The average molecular weight is 611 g/mol. The highest BCUT2D eigenvalue weighted by molar-refractivity contribution is 6.38. The van der Waals surface area contributed by atoms with Crippen LogP contribution in [0.1, 0.15) is 73.6 Å². The lowest BCUT2D eigenvalue weighted by Crippen LogP contribution is -2.58. The fourth-order valence-corrected chi connectivity index (χ4v) is 6.61. The number of ether oxygens (including phenoxy) is 1. The fourth-order valence-electron chi connectivity index (χ4n) is 6.61. The summed E-state index contributed by atoms with van der Waals surface area (Å²) < 4.78 is 86.2. The van der Waals surface area contributed by atoms with Gasteiger partial charge in [0.15, 0.2) is 0 Å². The lowest BCUT2D eigenvalue weighted by atomic mass is 9.72. The van der Waals surface area contributed by atoms with Crippen LogP contribution in [0.5, 0.6) is 0 Å². The Hall–Kier alpha value is -3.41. The topological polar surface area (TPSA) is 75.7 Å². The molecule has 1 N–H and O–H groups in total. The Morgan fingerprint density at radius 3 is 2.07 bits per heavy atom. The molecule has 3 fully saturated rings. The van der Waals surface area contributed by atoms with E-state index >= 15 is 0 Å². The zero-order valence-electron chi connectivity index (χ0n) is 23.5. The molecule has 2 aliphatic heterocycles. The molecule has 3 aliphatic rings. The Morgan fingerprint density at radius 1 is 0.930 bits per heavy atom. The third kappa shape index (κ3) is 6.03. The molecule has 0 radical (unpaired) electrons. The lowest BCUT2D eigenvalue weighted by molar-refractivity contribution is -0.157. The second-order valence-corrected chi connectivity index (χ2v) is 11.9. The number of rotatable bonds is 5. The third-order valence-electron chi connectivity index (χ3n) is 9.31. The summed E-state index contributed by atoms with van der Waals surface area (Å²) in [6.07, 6.45) is -7.45. The molecule has 2 heterocycles. The van der Waals surface area contributed by atoms with Gasteiger partial charge in [-0.1, -0.05) is 30.3 Å².